The first-order chi connectivity index (χ1) is 7.90. The summed E-state index contributed by atoms with van der Waals surface area (Å²) >= 11 is 0. The normalized spacial score (nSPS) is 13.6. The number of hydrogen-bond donors (Lipinski definition) is 1. The van der Waals surface area contributed by atoms with Crippen molar-refractivity contribution < 1.29 is 9.47 Å². The monoisotopic (exact) mass is 217 g/mol. The van der Waals surface area contributed by atoms with Crippen LogP contribution in [0, 0.1) is 11.8 Å². The van der Waals surface area contributed by atoms with Gasteiger partial charge in [0.05, 0.1) is 19.8 Å². The third kappa shape index (κ3) is 2.68. The Labute approximate surface area is 95.5 Å². The SMILES string of the molecule is NCC#CCc1ccc2c(c1)OCCCO2. The minimum atomic E-state index is 0.407. The molecule has 0 atom stereocenters. The zero-order valence-corrected chi connectivity index (χ0v) is 9.16. The second kappa shape index (κ2) is 5.43. The lowest BCUT2D eigenvalue weighted by atomic mass is 10.1. The van der Waals surface area contributed by atoms with Crippen molar-refractivity contribution in [2.75, 3.05) is 19.8 Å². The molecule has 3 nitrogen and oxygen atoms in total. The highest BCUT2D eigenvalue weighted by Crippen LogP contribution is 2.30. The van der Waals surface area contributed by atoms with Crippen molar-refractivity contribution in [2.45, 2.75) is 12.8 Å². The van der Waals surface area contributed by atoms with Gasteiger partial charge in [-0.1, -0.05) is 17.9 Å². The average molecular weight is 217 g/mol. The van der Waals surface area contributed by atoms with Crippen molar-refractivity contribution in [3.05, 3.63) is 23.8 Å². The average Bonchev–Trinajstić information content (AvgIpc) is 2.54. The van der Waals surface area contributed by atoms with Crippen LogP contribution in [0.4, 0.5) is 0 Å². The summed E-state index contributed by atoms with van der Waals surface area (Å²) in [7, 11) is 0. The first kappa shape index (κ1) is 10.8. The standard InChI is InChI=1S/C13H15NO2/c14-7-2-1-4-11-5-6-12-13(10-11)16-9-3-8-15-12/h5-6,10H,3-4,7-9,14H2. The van der Waals surface area contributed by atoms with Gasteiger partial charge < -0.3 is 15.2 Å². The summed E-state index contributed by atoms with van der Waals surface area (Å²) in [5, 5.41) is 0. The third-order valence-electron chi connectivity index (χ3n) is 2.33. The lowest BCUT2D eigenvalue weighted by Gasteiger charge is -2.07. The second-order valence-corrected chi connectivity index (χ2v) is 3.57. The van der Waals surface area contributed by atoms with Gasteiger partial charge in [-0.15, -0.1) is 0 Å². The van der Waals surface area contributed by atoms with E-state index in [1.54, 1.807) is 0 Å². The molecule has 1 aromatic rings. The maximum Gasteiger partial charge on any atom is 0.161 e. The molecular formula is C13H15NO2. The molecule has 1 aliphatic heterocycles. The van der Waals surface area contributed by atoms with Crippen LogP contribution in [0.3, 0.4) is 0 Å². The summed E-state index contributed by atoms with van der Waals surface area (Å²) < 4.78 is 11.1. The third-order valence-corrected chi connectivity index (χ3v) is 2.33. The molecule has 2 rings (SSSR count). The smallest absolute Gasteiger partial charge is 0.161 e. The van der Waals surface area contributed by atoms with Crippen molar-refractivity contribution in [3.8, 4) is 23.3 Å². The molecule has 0 aliphatic carbocycles. The van der Waals surface area contributed by atoms with E-state index in [1.807, 2.05) is 18.2 Å². The number of rotatable bonds is 1. The van der Waals surface area contributed by atoms with Gasteiger partial charge in [0.15, 0.2) is 11.5 Å². The summed E-state index contributed by atoms with van der Waals surface area (Å²) in [5.74, 6) is 7.50. The Hall–Kier alpha value is -1.66. The van der Waals surface area contributed by atoms with Crippen LogP contribution in [-0.4, -0.2) is 19.8 Å². The minimum Gasteiger partial charge on any atom is -0.490 e. The van der Waals surface area contributed by atoms with E-state index in [2.05, 4.69) is 11.8 Å². The van der Waals surface area contributed by atoms with Crippen LogP contribution in [-0.2, 0) is 6.42 Å². The van der Waals surface area contributed by atoms with Gasteiger partial charge in [-0.2, -0.15) is 0 Å². The van der Waals surface area contributed by atoms with E-state index in [9.17, 15) is 0 Å². The number of hydrogen-bond acceptors (Lipinski definition) is 3. The van der Waals surface area contributed by atoms with E-state index < -0.39 is 0 Å². The predicted molar refractivity (Wildman–Crippen MR) is 62.6 cm³/mol. The maximum absolute atomic E-state index is 5.60. The predicted octanol–water partition coefficient (Wildman–Crippen LogP) is 1.35. The highest BCUT2D eigenvalue weighted by atomic mass is 16.5. The second-order valence-electron chi connectivity index (χ2n) is 3.57. The zero-order chi connectivity index (χ0) is 11.2. The van der Waals surface area contributed by atoms with E-state index in [4.69, 9.17) is 15.2 Å². The molecule has 0 spiro atoms. The molecule has 16 heavy (non-hydrogen) atoms. The van der Waals surface area contributed by atoms with E-state index in [0.29, 0.717) is 19.6 Å². The van der Waals surface area contributed by atoms with Crippen LogP contribution < -0.4 is 15.2 Å². The molecule has 2 N–H and O–H groups in total. The topological polar surface area (TPSA) is 44.5 Å². The molecule has 0 unspecified atom stereocenters. The summed E-state index contributed by atoms with van der Waals surface area (Å²) in [6, 6.07) is 5.95. The fraction of sp³-hybridized carbons (Fsp3) is 0.385. The van der Waals surface area contributed by atoms with Crippen LogP contribution in [0.1, 0.15) is 12.0 Å². The molecule has 0 radical (unpaired) electrons. The molecule has 0 saturated heterocycles. The van der Waals surface area contributed by atoms with Gasteiger partial charge in [-0.05, 0) is 17.7 Å². The minimum absolute atomic E-state index is 0.407. The lowest BCUT2D eigenvalue weighted by molar-refractivity contribution is 0.297. The number of ether oxygens (including phenoxy) is 2. The van der Waals surface area contributed by atoms with Crippen molar-refractivity contribution in [3.63, 3.8) is 0 Å². The number of benzene rings is 1. The van der Waals surface area contributed by atoms with Crippen LogP contribution >= 0.6 is 0 Å². The molecule has 1 heterocycles. The molecule has 1 aliphatic rings. The van der Waals surface area contributed by atoms with E-state index in [1.165, 1.54) is 0 Å². The maximum atomic E-state index is 5.60. The molecular weight excluding hydrogens is 202 g/mol. The summed E-state index contributed by atoms with van der Waals surface area (Å²) in [5.41, 5.74) is 6.44. The van der Waals surface area contributed by atoms with Gasteiger partial charge in [0.25, 0.3) is 0 Å². The van der Waals surface area contributed by atoms with E-state index >= 15 is 0 Å². The highest BCUT2D eigenvalue weighted by molar-refractivity contribution is 5.44. The number of nitrogens with two attached hydrogens (primary N) is 1. The molecule has 0 saturated carbocycles. The summed E-state index contributed by atoms with van der Waals surface area (Å²) in [6.07, 6.45) is 1.63. The molecule has 0 fully saturated rings. The molecule has 0 bridgehead atoms. The Morgan fingerprint density at radius 2 is 1.94 bits per heavy atom. The van der Waals surface area contributed by atoms with Crippen molar-refractivity contribution in [1.29, 1.82) is 0 Å². The molecule has 0 aromatic heterocycles. The summed E-state index contributed by atoms with van der Waals surface area (Å²) in [4.78, 5) is 0. The fourth-order valence-electron chi connectivity index (χ4n) is 1.55. The van der Waals surface area contributed by atoms with Gasteiger partial charge in [-0.3, -0.25) is 0 Å². The Kier molecular flexibility index (Phi) is 3.68. The highest BCUT2D eigenvalue weighted by Gasteiger charge is 2.09. The van der Waals surface area contributed by atoms with Crippen LogP contribution in [0.25, 0.3) is 0 Å². The Morgan fingerprint density at radius 3 is 2.75 bits per heavy atom. The van der Waals surface area contributed by atoms with E-state index in [0.717, 1.165) is 30.1 Å². The molecule has 0 amide bonds. The van der Waals surface area contributed by atoms with Crippen molar-refractivity contribution in [1.82, 2.24) is 0 Å². The van der Waals surface area contributed by atoms with Crippen molar-refractivity contribution >= 4 is 0 Å². The van der Waals surface area contributed by atoms with Gasteiger partial charge in [0.1, 0.15) is 0 Å². The van der Waals surface area contributed by atoms with Gasteiger partial charge in [-0.25, -0.2) is 0 Å². The van der Waals surface area contributed by atoms with Crippen LogP contribution in [0.15, 0.2) is 18.2 Å². The lowest BCUT2D eigenvalue weighted by Crippen LogP contribution is -1.97. The Bertz CT molecular complexity index is 418. The first-order valence-electron chi connectivity index (χ1n) is 5.44. The van der Waals surface area contributed by atoms with E-state index in [-0.39, 0.29) is 0 Å². The van der Waals surface area contributed by atoms with Crippen LogP contribution in [0.5, 0.6) is 11.5 Å². The zero-order valence-electron chi connectivity index (χ0n) is 9.16. The first-order valence-corrected chi connectivity index (χ1v) is 5.44. The Balaban J connectivity index is 2.14. The molecule has 3 heteroatoms. The molecule has 1 aromatic carbocycles. The molecule has 84 valence electrons. The van der Waals surface area contributed by atoms with Gasteiger partial charge in [0.2, 0.25) is 0 Å². The van der Waals surface area contributed by atoms with Gasteiger partial charge in [0, 0.05) is 12.8 Å². The number of fused-ring (bicyclic) bond motifs is 1. The van der Waals surface area contributed by atoms with Crippen LogP contribution in [0.2, 0.25) is 0 Å². The summed E-state index contributed by atoms with van der Waals surface area (Å²) in [6.45, 7) is 1.84. The van der Waals surface area contributed by atoms with Crippen molar-refractivity contribution in [2.24, 2.45) is 5.73 Å². The van der Waals surface area contributed by atoms with Gasteiger partial charge >= 0.3 is 0 Å². The Morgan fingerprint density at radius 1 is 1.12 bits per heavy atom. The fourth-order valence-corrected chi connectivity index (χ4v) is 1.55. The quantitative estimate of drug-likeness (QED) is 0.722. The largest absolute Gasteiger partial charge is 0.490 e.